The van der Waals surface area contributed by atoms with Crippen LogP contribution in [0.4, 0.5) is 0 Å². The van der Waals surface area contributed by atoms with E-state index in [0.29, 0.717) is 12.1 Å². The second-order valence-electron chi connectivity index (χ2n) is 3.97. The molecule has 0 aliphatic carbocycles. The van der Waals surface area contributed by atoms with Gasteiger partial charge < -0.3 is 10.1 Å². The molecule has 0 bridgehead atoms. The van der Waals surface area contributed by atoms with E-state index in [1.807, 2.05) is 12.1 Å². The molecule has 0 aliphatic rings. The van der Waals surface area contributed by atoms with Gasteiger partial charge in [-0.05, 0) is 38.0 Å². The third-order valence-corrected chi connectivity index (χ3v) is 2.74. The first-order valence-corrected chi connectivity index (χ1v) is 5.57. The smallest absolute Gasteiger partial charge is 0.119 e. The summed E-state index contributed by atoms with van der Waals surface area (Å²) in [6.45, 7) is 6.58. The zero-order chi connectivity index (χ0) is 11.3. The summed E-state index contributed by atoms with van der Waals surface area (Å²) in [4.78, 5) is 0. The quantitative estimate of drug-likeness (QED) is 0.801. The Morgan fingerprint density at radius 1 is 1.33 bits per heavy atom. The summed E-state index contributed by atoms with van der Waals surface area (Å²) < 4.78 is 5.21. The fraction of sp³-hybridized carbons (Fsp3) is 0.538. The van der Waals surface area contributed by atoms with Crippen LogP contribution in [0.3, 0.4) is 0 Å². The van der Waals surface area contributed by atoms with Crippen molar-refractivity contribution in [1.82, 2.24) is 5.32 Å². The van der Waals surface area contributed by atoms with E-state index in [-0.39, 0.29) is 0 Å². The fourth-order valence-electron chi connectivity index (χ4n) is 1.55. The molecule has 0 amide bonds. The van der Waals surface area contributed by atoms with Crippen molar-refractivity contribution in [1.29, 1.82) is 0 Å². The molecule has 0 aromatic heterocycles. The van der Waals surface area contributed by atoms with Crippen molar-refractivity contribution in [3.05, 3.63) is 29.8 Å². The lowest BCUT2D eigenvalue weighted by atomic mass is 10.1. The van der Waals surface area contributed by atoms with Crippen LogP contribution in [-0.2, 0) is 0 Å². The van der Waals surface area contributed by atoms with Crippen molar-refractivity contribution in [2.75, 3.05) is 7.11 Å². The molecule has 1 rings (SSSR count). The molecule has 1 aromatic carbocycles. The highest BCUT2D eigenvalue weighted by Gasteiger charge is 2.08. The van der Waals surface area contributed by atoms with E-state index >= 15 is 0 Å². The highest BCUT2D eigenvalue weighted by Crippen LogP contribution is 2.19. The van der Waals surface area contributed by atoms with Crippen LogP contribution in [0.5, 0.6) is 5.75 Å². The molecule has 0 saturated carbocycles. The molecule has 0 saturated heterocycles. The number of hydrogen-bond acceptors (Lipinski definition) is 2. The molecule has 0 fully saturated rings. The average molecular weight is 207 g/mol. The Hall–Kier alpha value is -1.02. The van der Waals surface area contributed by atoms with Crippen molar-refractivity contribution in [2.45, 2.75) is 39.3 Å². The predicted octanol–water partition coefficient (Wildman–Crippen LogP) is 3.14. The summed E-state index contributed by atoms with van der Waals surface area (Å²) >= 11 is 0. The molecular formula is C13H21NO. The number of nitrogens with one attached hydrogen (secondary N) is 1. The van der Waals surface area contributed by atoms with Gasteiger partial charge in [0.15, 0.2) is 0 Å². The van der Waals surface area contributed by atoms with Gasteiger partial charge in [-0.25, -0.2) is 0 Å². The molecule has 2 atom stereocenters. The summed E-state index contributed by atoms with van der Waals surface area (Å²) in [5.41, 5.74) is 1.27. The lowest BCUT2D eigenvalue weighted by Gasteiger charge is -2.19. The van der Waals surface area contributed by atoms with Gasteiger partial charge in [-0.15, -0.1) is 0 Å². The maximum atomic E-state index is 5.21. The van der Waals surface area contributed by atoms with E-state index in [4.69, 9.17) is 4.74 Å². The molecule has 0 unspecified atom stereocenters. The van der Waals surface area contributed by atoms with E-state index < -0.39 is 0 Å². The van der Waals surface area contributed by atoms with Crippen LogP contribution in [0.2, 0.25) is 0 Å². The molecule has 0 radical (unpaired) electrons. The summed E-state index contributed by atoms with van der Waals surface area (Å²) in [5, 5.41) is 3.54. The minimum Gasteiger partial charge on any atom is -0.497 e. The molecule has 1 N–H and O–H groups in total. The minimum atomic E-state index is 0.370. The van der Waals surface area contributed by atoms with Gasteiger partial charge in [0, 0.05) is 12.1 Å². The van der Waals surface area contributed by atoms with Crippen molar-refractivity contribution in [2.24, 2.45) is 0 Å². The van der Waals surface area contributed by atoms with Crippen LogP contribution >= 0.6 is 0 Å². The standard InChI is InChI=1S/C13H21NO/c1-5-10(2)14-11(3)12-7-6-8-13(9-12)15-4/h6-11,14H,5H2,1-4H3/t10-,11-/m1/s1. The first kappa shape index (κ1) is 12.1. The van der Waals surface area contributed by atoms with Crippen molar-refractivity contribution in [3.63, 3.8) is 0 Å². The zero-order valence-electron chi connectivity index (χ0n) is 10.1. The normalized spacial score (nSPS) is 14.7. The fourth-order valence-corrected chi connectivity index (χ4v) is 1.55. The minimum absolute atomic E-state index is 0.370. The first-order valence-electron chi connectivity index (χ1n) is 5.57. The van der Waals surface area contributed by atoms with Crippen LogP contribution in [0.25, 0.3) is 0 Å². The van der Waals surface area contributed by atoms with Crippen LogP contribution in [0.15, 0.2) is 24.3 Å². The summed E-state index contributed by atoms with van der Waals surface area (Å²) in [6, 6.07) is 9.13. The molecule has 1 aromatic rings. The topological polar surface area (TPSA) is 21.3 Å². The number of methoxy groups -OCH3 is 1. The average Bonchev–Trinajstić information content (AvgIpc) is 2.28. The van der Waals surface area contributed by atoms with Gasteiger partial charge >= 0.3 is 0 Å². The lowest BCUT2D eigenvalue weighted by molar-refractivity contribution is 0.412. The second-order valence-corrected chi connectivity index (χ2v) is 3.97. The monoisotopic (exact) mass is 207 g/mol. The molecule has 84 valence electrons. The molecular weight excluding hydrogens is 186 g/mol. The van der Waals surface area contributed by atoms with Crippen LogP contribution < -0.4 is 10.1 Å². The molecule has 0 heterocycles. The molecule has 2 nitrogen and oxygen atoms in total. The Morgan fingerprint density at radius 3 is 2.67 bits per heavy atom. The summed E-state index contributed by atoms with van der Waals surface area (Å²) in [6.07, 6.45) is 1.15. The number of ether oxygens (including phenoxy) is 1. The summed E-state index contributed by atoms with van der Waals surface area (Å²) in [5.74, 6) is 0.922. The second kappa shape index (κ2) is 5.76. The zero-order valence-corrected chi connectivity index (χ0v) is 10.1. The third kappa shape index (κ3) is 3.56. The number of hydrogen-bond donors (Lipinski definition) is 1. The van der Waals surface area contributed by atoms with Gasteiger partial charge in [-0.1, -0.05) is 19.1 Å². The van der Waals surface area contributed by atoms with Gasteiger partial charge in [-0.3, -0.25) is 0 Å². The van der Waals surface area contributed by atoms with Gasteiger partial charge in [0.25, 0.3) is 0 Å². The highest BCUT2D eigenvalue weighted by atomic mass is 16.5. The Balaban J connectivity index is 2.68. The van der Waals surface area contributed by atoms with Crippen molar-refractivity contribution >= 4 is 0 Å². The lowest BCUT2D eigenvalue weighted by Crippen LogP contribution is -2.28. The molecule has 0 spiro atoms. The van der Waals surface area contributed by atoms with Gasteiger partial charge in [0.05, 0.1) is 7.11 Å². The highest BCUT2D eigenvalue weighted by molar-refractivity contribution is 5.30. The first-order chi connectivity index (χ1) is 7.17. The Morgan fingerprint density at radius 2 is 2.07 bits per heavy atom. The van der Waals surface area contributed by atoms with E-state index in [0.717, 1.165) is 12.2 Å². The number of rotatable bonds is 5. The van der Waals surface area contributed by atoms with Gasteiger partial charge in [-0.2, -0.15) is 0 Å². The molecule has 2 heteroatoms. The Bertz CT molecular complexity index is 298. The maximum absolute atomic E-state index is 5.21. The predicted molar refractivity (Wildman–Crippen MR) is 64.3 cm³/mol. The van der Waals surface area contributed by atoms with E-state index in [1.54, 1.807) is 7.11 Å². The Kier molecular flexibility index (Phi) is 4.63. The van der Waals surface area contributed by atoms with E-state index in [1.165, 1.54) is 5.56 Å². The van der Waals surface area contributed by atoms with Crippen LogP contribution in [0, 0.1) is 0 Å². The van der Waals surface area contributed by atoms with Crippen molar-refractivity contribution in [3.8, 4) is 5.75 Å². The van der Waals surface area contributed by atoms with Gasteiger partial charge in [0.2, 0.25) is 0 Å². The van der Waals surface area contributed by atoms with Crippen LogP contribution in [-0.4, -0.2) is 13.2 Å². The van der Waals surface area contributed by atoms with E-state index in [2.05, 4.69) is 38.2 Å². The molecule has 15 heavy (non-hydrogen) atoms. The van der Waals surface area contributed by atoms with E-state index in [9.17, 15) is 0 Å². The SMILES string of the molecule is CC[C@@H](C)N[C@H](C)c1cccc(OC)c1. The Labute approximate surface area is 92.6 Å². The van der Waals surface area contributed by atoms with Gasteiger partial charge in [0.1, 0.15) is 5.75 Å². The van der Waals surface area contributed by atoms with Crippen LogP contribution in [0.1, 0.15) is 38.8 Å². The summed E-state index contributed by atoms with van der Waals surface area (Å²) in [7, 11) is 1.70. The van der Waals surface area contributed by atoms with Crippen molar-refractivity contribution < 1.29 is 4.74 Å². The maximum Gasteiger partial charge on any atom is 0.119 e. The molecule has 0 aliphatic heterocycles. The largest absolute Gasteiger partial charge is 0.497 e. The number of benzene rings is 1. The third-order valence-electron chi connectivity index (χ3n) is 2.74.